The molecule has 0 bridgehead atoms. The largest absolute Gasteiger partial charge is 0.312 e. The lowest BCUT2D eigenvalue weighted by Crippen LogP contribution is -2.45. The van der Waals surface area contributed by atoms with Crippen molar-refractivity contribution in [1.29, 1.82) is 0 Å². The lowest BCUT2D eigenvalue weighted by atomic mass is 9.90. The van der Waals surface area contributed by atoms with E-state index in [2.05, 4.69) is 4.90 Å². The zero-order valence-corrected chi connectivity index (χ0v) is 27.1. The van der Waals surface area contributed by atoms with Crippen LogP contribution in [0.5, 0.6) is 0 Å². The predicted octanol–water partition coefficient (Wildman–Crippen LogP) is 4.75. The van der Waals surface area contributed by atoms with Gasteiger partial charge in [-0.3, -0.25) is 4.79 Å². The second-order valence-corrected chi connectivity index (χ2v) is 16.9. The summed E-state index contributed by atoms with van der Waals surface area (Å²) >= 11 is 0. The number of hydrogen-bond donors (Lipinski definition) is 0. The maximum atomic E-state index is 13.6. The van der Waals surface area contributed by atoms with E-state index in [9.17, 15) is 21.6 Å². The van der Waals surface area contributed by atoms with Crippen molar-refractivity contribution in [1.82, 2.24) is 9.21 Å². The summed E-state index contributed by atoms with van der Waals surface area (Å²) in [5.74, 6) is 0.527. The first-order chi connectivity index (χ1) is 20.6. The highest BCUT2D eigenvalue weighted by atomic mass is 32.2. The van der Waals surface area contributed by atoms with E-state index < -0.39 is 19.9 Å². The fraction of sp³-hybridized carbons (Fsp3) is 0.606. The van der Waals surface area contributed by atoms with Gasteiger partial charge in [0, 0.05) is 31.2 Å². The Balaban J connectivity index is 1.08. The minimum Gasteiger partial charge on any atom is -0.312 e. The van der Waals surface area contributed by atoms with E-state index in [-0.39, 0.29) is 17.1 Å². The number of sulfone groups is 1. The molecule has 0 aromatic heterocycles. The molecule has 10 heteroatoms. The van der Waals surface area contributed by atoms with E-state index in [4.69, 9.17) is 0 Å². The summed E-state index contributed by atoms with van der Waals surface area (Å²) in [7, 11) is -6.43. The van der Waals surface area contributed by atoms with Gasteiger partial charge in [0.1, 0.15) is 0 Å². The number of anilines is 1. The fourth-order valence-corrected chi connectivity index (χ4v) is 9.76. The first-order valence-corrected chi connectivity index (χ1v) is 19.4. The van der Waals surface area contributed by atoms with E-state index in [0.717, 1.165) is 76.7 Å². The summed E-state index contributed by atoms with van der Waals surface area (Å²) in [5, 5.41) is -0.208. The molecule has 0 radical (unpaired) electrons. The molecule has 0 atom stereocenters. The number of carbonyl (C=O) groups excluding carboxylic acids is 1. The maximum Gasteiger partial charge on any atom is 0.230 e. The normalized spacial score (nSPS) is 20.4. The van der Waals surface area contributed by atoms with E-state index >= 15 is 0 Å². The molecular formula is C33H47N3O5S2. The van der Waals surface area contributed by atoms with Gasteiger partial charge < -0.3 is 9.80 Å². The van der Waals surface area contributed by atoms with E-state index in [1.54, 1.807) is 0 Å². The summed E-state index contributed by atoms with van der Waals surface area (Å²) in [4.78, 5) is 18.5. The minimum atomic E-state index is -3.23. The number of hydrogen-bond acceptors (Lipinski definition) is 6. The Morgan fingerprint density at radius 1 is 0.814 bits per heavy atom. The molecule has 0 spiro atoms. The highest BCUT2D eigenvalue weighted by Gasteiger charge is 2.32. The third-order valence-corrected chi connectivity index (χ3v) is 13.3. The topological polar surface area (TPSA) is 95.1 Å². The van der Waals surface area contributed by atoms with Crippen molar-refractivity contribution in [2.45, 2.75) is 74.4 Å². The zero-order valence-electron chi connectivity index (χ0n) is 25.4. The van der Waals surface area contributed by atoms with Crippen LogP contribution in [0.25, 0.3) is 0 Å². The highest BCUT2D eigenvalue weighted by Crippen LogP contribution is 2.30. The molecule has 0 unspecified atom stereocenters. The van der Waals surface area contributed by atoms with Gasteiger partial charge in [0.05, 0.1) is 16.4 Å². The molecule has 0 N–H and O–H groups in total. The van der Waals surface area contributed by atoms with Crippen molar-refractivity contribution in [3.8, 4) is 0 Å². The van der Waals surface area contributed by atoms with Crippen molar-refractivity contribution in [2.24, 2.45) is 11.8 Å². The van der Waals surface area contributed by atoms with Crippen LogP contribution in [-0.4, -0.2) is 82.7 Å². The molecule has 43 heavy (non-hydrogen) atoms. The number of sulfonamides is 1. The molecule has 1 amide bonds. The van der Waals surface area contributed by atoms with Crippen LogP contribution in [0.3, 0.4) is 0 Å². The van der Waals surface area contributed by atoms with Crippen molar-refractivity contribution in [3.05, 3.63) is 60.2 Å². The van der Waals surface area contributed by atoms with Crippen LogP contribution in [0.15, 0.2) is 59.5 Å². The molecule has 1 saturated carbocycles. The first kappa shape index (κ1) is 32.1. The summed E-state index contributed by atoms with van der Waals surface area (Å²) in [6.45, 7) is 4.44. The number of carbonyl (C=O) groups is 1. The third kappa shape index (κ3) is 8.26. The molecule has 3 aliphatic rings. The van der Waals surface area contributed by atoms with Crippen LogP contribution in [0.1, 0.15) is 63.4 Å². The Labute approximate surface area is 258 Å². The standard InChI is InChI=1S/C33H47N3O5S2/c1-42(38,39)35-24-18-29(19-25-35)33(37)36(30-8-3-2-4-9-30)21-7-20-34-22-16-28(17-23-34)26-27-12-14-32(15-13-27)43(40,41)31-10-5-6-11-31/h2-4,8-9,12-15,28-29,31H,5-7,10-11,16-26H2,1H3. The summed E-state index contributed by atoms with van der Waals surface area (Å²) in [6, 6.07) is 17.5. The van der Waals surface area contributed by atoms with Gasteiger partial charge in [-0.25, -0.2) is 21.1 Å². The van der Waals surface area contributed by atoms with Crippen molar-refractivity contribution in [2.75, 3.05) is 50.4 Å². The number of rotatable bonds is 11. The van der Waals surface area contributed by atoms with E-state index in [0.29, 0.717) is 43.3 Å². The van der Waals surface area contributed by atoms with Crippen LogP contribution in [0.4, 0.5) is 5.69 Å². The van der Waals surface area contributed by atoms with Crippen LogP contribution in [0.2, 0.25) is 0 Å². The monoisotopic (exact) mass is 629 g/mol. The van der Waals surface area contributed by atoms with Crippen LogP contribution >= 0.6 is 0 Å². The van der Waals surface area contributed by atoms with Crippen molar-refractivity contribution < 1.29 is 21.6 Å². The highest BCUT2D eigenvalue weighted by molar-refractivity contribution is 7.92. The Morgan fingerprint density at radius 3 is 2.05 bits per heavy atom. The Kier molecular flexibility index (Phi) is 10.6. The smallest absolute Gasteiger partial charge is 0.230 e. The lowest BCUT2D eigenvalue weighted by molar-refractivity contribution is -0.123. The SMILES string of the molecule is CS(=O)(=O)N1CCC(C(=O)N(CCCN2CCC(Cc3ccc(S(=O)(=O)C4CCCC4)cc3)CC2)c2ccccc2)CC1. The number of benzene rings is 2. The van der Waals surface area contributed by atoms with Crippen molar-refractivity contribution in [3.63, 3.8) is 0 Å². The molecule has 2 aromatic rings. The first-order valence-electron chi connectivity index (χ1n) is 16.0. The average molecular weight is 630 g/mol. The average Bonchev–Trinajstić information content (AvgIpc) is 3.57. The molecule has 2 heterocycles. The van der Waals surface area contributed by atoms with Gasteiger partial charge in [0.25, 0.3) is 0 Å². The molecule has 1 aliphatic carbocycles. The molecule has 2 aliphatic heterocycles. The van der Waals surface area contributed by atoms with Gasteiger partial charge in [0.15, 0.2) is 9.84 Å². The quantitative estimate of drug-likeness (QED) is 0.356. The second-order valence-electron chi connectivity index (χ2n) is 12.7. The molecule has 236 valence electrons. The number of likely N-dealkylation sites (tertiary alicyclic amines) is 1. The van der Waals surface area contributed by atoms with Crippen LogP contribution in [-0.2, 0) is 31.1 Å². The molecule has 3 fully saturated rings. The summed E-state index contributed by atoms with van der Waals surface area (Å²) < 4.78 is 51.1. The molecule has 8 nitrogen and oxygen atoms in total. The molecular weight excluding hydrogens is 583 g/mol. The number of para-hydroxylation sites is 1. The van der Waals surface area contributed by atoms with Gasteiger partial charge in [0.2, 0.25) is 15.9 Å². The molecule has 2 saturated heterocycles. The second kappa shape index (κ2) is 14.2. The molecule has 5 rings (SSSR count). The van der Waals surface area contributed by atoms with Crippen molar-refractivity contribution >= 4 is 31.5 Å². The number of piperidine rings is 2. The predicted molar refractivity (Wildman–Crippen MR) is 171 cm³/mol. The van der Waals surface area contributed by atoms with Gasteiger partial charge >= 0.3 is 0 Å². The van der Waals surface area contributed by atoms with E-state index in [1.807, 2.05) is 59.5 Å². The summed E-state index contributed by atoms with van der Waals surface area (Å²) in [6.07, 6.45) is 10.0. The van der Waals surface area contributed by atoms with Gasteiger partial charge in [-0.1, -0.05) is 43.2 Å². The Bertz CT molecular complexity index is 1410. The molecule has 2 aromatic carbocycles. The fourth-order valence-electron chi connectivity index (χ4n) is 7.04. The zero-order chi connectivity index (χ0) is 30.5. The minimum absolute atomic E-state index is 0.0973. The Hall–Kier alpha value is -2.27. The number of nitrogens with zero attached hydrogens (tertiary/aromatic N) is 3. The maximum absolute atomic E-state index is 13.6. The Morgan fingerprint density at radius 2 is 1.44 bits per heavy atom. The van der Waals surface area contributed by atoms with Crippen LogP contribution < -0.4 is 4.90 Å². The van der Waals surface area contributed by atoms with Crippen LogP contribution in [0, 0.1) is 11.8 Å². The van der Waals surface area contributed by atoms with E-state index in [1.165, 1.54) is 16.1 Å². The van der Waals surface area contributed by atoms with Gasteiger partial charge in [-0.2, -0.15) is 0 Å². The lowest BCUT2D eigenvalue weighted by Gasteiger charge is -2.34. The van der Waals surface area contributed by atoms with Gasteiger partial charge in [-0.05, 0) is 107 Å². The van der Waals surface area contributed by atoms with Gasteiger partial charge in [-0.15, -0.1) is 0 Å². The third-order valence-electron chi connectivity index (χ3n) is 9.69. The summed E-state index contributed by atoms with van der Waals surface area (Å²) in [5.41, 5.74) is 2.11. The number of amides is 1.